The molecule has 0 spiro atoms. The van der Waals surface area contributed by atoms with Gasteiger partial charge in [-0.15, -0.1) is 0 Å². The number of halogens is 2. The van der Waals surface area contributed by atoms with Crippen LogP contribution >= 0.6 is 0 Å². The molecular formula is C22H21F2N7. The molecule has 0 radical (unpaired) electrons. The molecule has 0 bridgehead atoms. The fourth-order valence-electron chi connectivity index (χ4n) is 3.84. The third-order valence-corrected chi connectivity index (χ3v) is 5.51. The smallest absolute Gasteiger partial charge is 0.282 e. The summed E-state index contributed by atoms with van der Waals surface area (Å²) in [5.74, 6) is -2.24. The van der Waals surface area contributed by atoms with Crippen molar-refractivity contribution in [3.05, 3.63) is 61.4 Å². The Balaban J connectivity index is 1.38. The first kappa shape index (κ1) is 19.5. The summed E-state index contributed by atoms with van der Waals surface area (Å²) in [7, 11) is 1.88. The van der Waals surface area contributed by atoms with Crippen LogP contribution < -0.4 is 5.32 Å². The van der Waals surface area contributed by atoms with Gasteiger partial charge in [0.1, 0.15) is 6.04 Å². The number of nitrogens with zero attached hydrogens (tertiary/aromatic N) is 6. The van der Waals surface area contributed by atoms with Crippen molar-refractivity contribution in [2.45, 2.75) is 18.4 Å². The minimum atomic E-state index is -2.83. The van der Waals surface area contributed by atoms with Crippen LogP contribution in [0.1, 0.15) is 12.5 Å². The van der Waals surface area contributed by atoms with Gasteiger partial charge in [0.05, 0.1) is 18.9 Å². The van der Waals surface area contributed by atoms with E-state index in [1.807, 2.05) is 43.7 Å². The van der Waals surface area contributed by atoms with Gasteiger partial charge in [0, 0.05) is 54.1 Å². The highest BCUT2D eigenvalue weighted by atomic mass is 19.3. The molecule has 7 nitrogen and oxygen atoms in total. The summed E-state index contributed by atoms with van der Waals surface area (Å²) in [4.78, 5) is 8.98. The second-order valence-electron chi connectivity index (χ2n) is 7.73. The van der Waals surface area contributed by atoms with E-state index < -0.39 is 12.0 Å². The van der Waals surface area contributed by atoms with Gasteiger partial charge in [-0.1, -0.05) is 18.2 Å². The average molecular weight is 421 g/mol. The van der Waals surface area contributed by atoms with Crippen LogP contribution in [0.15, 0.2) is 61.4 Å². The van der Waals surface area contributed by atoms with Crippen LogP contribution in [-0.2, 0) is 7.05 Å². The first-order chi connectivity index (χ1) is 15.0. The van der Waals surface area contributed by atoms with E-state index >= 15 is 0 Å². The van der Waals surface area contributed by atoms with Crippen LogP contribution in [0, 0.1) is 0 Å². The highest BCUT2D eigenvalue weighted by Crippen LogP contribution is 2.34. The normalized spacial score (nSPS) is 18.2. The van der Waals surface area contributed by atoms with Crippen LogP contribution in [0.5, 0.6) is 0 Å². The number of alkyl halides is 2. The van der Waals surface area contributed by atoms with Crippen LogP contribution in [0.3, 0.4) is 0 Å². The standard InChI is InChI=1S/C22H21F2N7/c1-30-12-18(10-28-30)15-3-2-4-16(7-15)21-26-8-17(9-27-21)19-11-29-31(13-19)20-5-6-25-14-22(20,23)24/h2-4,7-13,20,25H,5-6,14H2,1H3. The molecule has 0 amide bonds. The SMILES string of the molecule is Cn1cc(-c2cccc(-c3ncc(-c4cnn(C5CCNCC5(F)F)c4)cn3)c2)cn1. The summed E-state index contributed by atoms with van der Waals surface area (Å²) >= 11 is 0. The predicted octanol–water partition coefficient (Wildman–Crippen LogP) is 3.58. The Hall–Kier alpha value is -3.46. The predicted molar refractivity (Wildman–Crippen MR) is 112 cm³/mol. The number of benzene rings is 1. The number of hydrogen-bond donors (Lipinski definition) is 1. The van der Waals surface area contributed by atoms with Crippen molar-refractivity contribution in [3.63, 3.8) is 0 Å². The third-order valence-electron chi connectivity index (χ3n) is 5.51. The Labute approximate surface area is 177 Å². The number of hydrogen-bond acceptors (Lipinski definition) is 5. The number of aromatic nitrogens is 6. The zero-order chi connectivity index (χ0) is 21.4. The molecule has 1 N–H and O–H groups in total. The van der Waals surface area contributed by atoms with Crippen LogP contribution in [-0.4, -0.2) is 48.5 Å². The van der Waals surface area contributed by atoms with Gasteiger partial charge in [-0.25, -0.2) is 18.7 Å². The van der Waals surface area contributed by atoms with Crippen LogP contribution in [0.25, 0.3) is 33.6 Å². The second-order valence-corrected chi connectivity index (χ2v) is 7.73. The second kappa shape index (κ2) is 7.66. The largest absolute Gasteiger partial charge is 0.311 e. The minimum absolute atomic E-state index is 0.330. The molecule has 4 heterocycles. The van der Waals surface area contributed by atoms with Gasteiger partial charge >= 0.3 is 0 Å². The van der Waals surface area contributed by atoms with Crippen LogP contribution in [0.2, 0.25) is 0 Å². The molecule has 3 aromatic heterocycles. The molecule has 0 saturated carbocycles. The van der Waals surface area contributed by atoms with Gasteiger partial charge in [-0.2, -0.15) is 10.2 Å². The highest BCUT2D eigenvalue weighted by molar-refractivity contribution is 5.70. The third kappa shape index (κ3) is 3.84. The molecule has 1 saturated heterocycles. The van der Waals surface area contributed by atoms with Crippen molar-refractivity contribution in [3.8, 4) is 33.6 Å². The molecule has 1 aliphatic heterocycles. The van der Waals surface area contributed by atoms with Gasteiger partial charge in [0.25, 0.3) is 5.92 Å². The van der Waals surface area contributed by atoms with Crippen LogP contribution in [0.4, 0.5) is 8.78 Å². The van der Waals surface area contributed by atoms with E-state index in [0.717, 1.165) is 22.3 Å². The number of aryl methyl sites for hydroxylation is 1. The summed E-state index contributed by atoms with van der Waals surface area (Å²) in [6.45, 7) is 0.216. The van der Waals surface area contributed by atoms with Gasteiger partial charge in [0.2, 0.25) is 0 Å². The lowest BCUT2D eigenvalue weighted by Gasteiger charge is -2.31. The van der Waals surface area contributed by atoms with Crippen molar-refractivity contribution in [1.82, 2.24) is 34.8 Å². The summed E-state index contributed by atoms with van der Waals surface area (Å²) in [6, 6.07) is 6.99. The molecule has 1 aliphatic rings. The number of piperidine rings is 1. The average Bonchev–Trinajstić information content (AvgIpc) is 3.43. The summed E-state index contributed by atoms with van der Waals surface area (Å²) in [5, 5.41) is 11.1. The Morgan fingerprint density at radius 2 is 1.68 bits per heavy atom. The Morgan fingerprint density at radius 1 is 0.935 bits per heavy atom. The highest BCUT2D eigenvalue weighted by Gasteiger charge is 2.43. The van der Waals surface area contributed by atoms with Crippen molar-refractivity contribution in [2.24, 2.45) is 7.05 Å². The molecule has 0 aliphatic carbocycles. The summed E-state index contributed by atoms with van der Waals surface area (Å²) < 4.78 is 31.5. The van der Waals surface area contributed by atoms with Gasteiger partial charge < -0.3 is 5.32 Å². The van der Waals surface area contributed by atoms with E-state index in [-0.39, 0.29) is 6.54 Å². The quantitative estimate of drug-likeness (QED) is 0.545. The molecule has 1 aromatic carbocycles. The molecule has 4 aromatic rings. The van der Waals surface area contributed by atoms with Crippen molar-refractivity contribution in [1.29, 1.82) is 0 Å². The van der Waals surface area contributed by atoms with Gasteiger partial charge in [-0.3, -0.25) is 9.36 Å². The zero-order valence-corrected chi connectivity index (χ0v) is 16.9. The topological polar surface area (TPSA) is 73.5 Å². The Kier molecular flexibility index (Phi) is 4.82. The van der Waals surface area contributed by atoms with E-state index in [9.17, 15) is 8.78 Å². The van der Waals surface area contributed by atoms with Crippen molar-refractivity contribution >= 4 is 0 Å². The molecular weight excluding hydrogens is 400 g/mol. The van der Waals surface area contributed by atoms with Gasteiger partial charge in [0.15, 0.2) is 5.82 Å². The molecule has 1 unspecified atom stereocenters. The summed E-state index contributed by atoms with van der Waals surface area (Å²) in [6.07, 6.45) is 10.7. The Bertz CT molecular complexity index is 1200. The maximum atomic E-state index is 14.2. The molecule has 31 heavy (non-hydrogen) atoms. The maximum Gasteiger partial charge on any atom is 0.282 e. The minimum Gasteiger partial charge on any atom is -0.311 e. The van der Waals surface area contributed by atoms with Crippen molar-refractivity contribution < 1.29 is 8.78 Å². The van der Waals surface area contributed by atoms with E-state index in [0.29, 0.717) is 24.4 Å². The fourth-order valence-corrected chi connectivity index (χ4v) is 3.84. The number of nitrogens with one attached hydrogen (secondary N) is 1. The van der Waals surface area contributed by atoms with Crippen molar-refractivity contribution in [2.75, 3.05) is 13.1 Å². The number of rotatable bonds is 4. The monoisotopic (exact) mass is 421 g/mol. The molecule has 1 fully saturated rings. The van der Waals surface area contributed by atoms with E-state index in [1.54, 1.807) is 29.5 Å². The first-order valence-corrected chi connectivity index (χ1v) is 10.0. The van der Waals surface area contributed by atoms with Gasteiger partial charge in [-0.05, 0) is 24.6 Å². The van der Waals surface area contributed by atoms with E-state index in [2.05, 4.69) is 25.5 Å². The molecule has 9 heteroatoms. The molecule has 1 atom stereocenters. The molecule has 158 valence electrons. The fraction of sp³-hybridized carbons (Fsp3) is 0.273. The summed E-state index contributed by atoms with van der Waals surface area (Å²) in [5.41, 5.74) is 4.38. The molecule has 5 rings (SSSR count). The lowest BCUT2D eigenvalue weighted by atomic mass is 10.0. The van der Waals surface area contributed by atoms with E-state index in [4.69, 9.17) is 0 Å². The zero-order valence-electron chi connectivity index (χ0n) is 16.9. The first-order valence-electron chi connectivity index (χ1n) is 10.0. The lowest BCUT2D eigenvalue weighted by Crippen LogP contribution is -2.47. The Morgan fingerprint density at radius 3 is 2.42 bits per heavy atom. The lowest BCUT2D eigenvalue weighted by molar-refractivity contribution is -0.0697. The maximum absolute atomic E-state index is 14.2. The van der Waals surface area contributed by atoms with E-state index in [1.165, 1.54) is 4.68 Å².